The molecule has 3 rings (SSSR count). The Labute approximate surface area is 113 Å². The van der Waals surface area contributed by atoms with E-state index >= 15 is 0 Å². The first-order valence-corrected chi connectivity index (χ1v) is 6.96. The molecular weight excluding hydrogens is 240 g/mol. The minimum absolute atomic E-state index is 0.0337. The molecule has 1 saturated heterocycles. The molecule has 1 aliphatic heterocycles. The summed E-state index contributed by atoms with van der Waals surface area (Å²) in [7, 11) is 0. The van der Waals surface area contributed by atoms with Crippen LogP contribution >= 0.6 is 0 Å². The molecule has 1 aromatic rings. The standard InChI is InChI=1S/C15H20N2O2/c16-14(12-4-2-1-3-5-12)15(18)17-8-9-19-10-13(17)11-6-7-11/h1-5,11,13-14H,6-10,16H2. The number of hydrogen-bond donors (Lipinski definition) is 1. The van der Waals surface area contributed by atoms with E-state index in [-0.39, 0.29) is 11.9 Å². The second-order valence-corrected chi connectivity index (χ2v) is 5.40. The minimum atomic E-state index is -0.555. The highest BCUT2D eigenvalue weighted by Crippen LogP contribution is 2.37. The van der Waals surface area contributed by atoms with E-state index in [4.69, 9.17) is 10.5 Å². The Balaban J connectivity index is 1.74. The van der Waals surface area contributed by atoms with Crippen LogP contribution in [0.4, 0.5) is 0 Å². The summed E-state index contributed by atoms with van der Waals surface area (Å²) in [6.45, 7) is 1.95. The predicted molar refractivity (Wildman–Crippen MR) is 72.4 cm³/mol. The third-order valence-corrected chi connectivity index (χ3v) is 4.04. The van der Waals surface area contributed by atoms with Crippen LogP contribution in [-0.4, -0.2) is 36.6 Å². The maximum Gasteiger partial charge on any atom is 0.244 e. The largest absolute Gasteiger partial charge is 0.377 e. The van der Waals surface area contributed by atoms with E-state index in [2.05, 4.69) is 0 Å². The molecule has 4 heteroatoms. The Morgan fingerprint density at radius 1 is 1.32 bits per heavy atom. The number of ether oxygens (including phenoxy) is 1. The lowest BCUT2D eigenvalue weighted by atomic mass is 10.0. The number of benzene rings is 1. The van der Waals surface area contributed by atoms with Crippen molar-refractivity contribution in [2.24, 2.45) is 11.7 Å². The van der Waals surface area contributed by atoms with Gasteiger partial charge in [-0.25, -0.2) is 0 Å². The van der Waals surface area contributed by atoms with Crippen molar-refractivity contribution in [1.82, 2.24) is 4.90 Å². The molecule has 2 fully saturated rings. The van der Waals surface area contributed by atoms with E-state index in [1.54, 1.807) is 0 Å². The topological polar surface area (TPSA) is 55.6 Å². The van der Waals surface area contributed by atoms with Crippen molar-refractivity contribution < 1.29 is 9.53 Å². The van der Waals surface area contributed by atoms with Gasteiger partial charge in [-0.15, -0.1) is 0 Å². The van der Waals surface area contributed by atoms with E-state index in [1.165, 1.54) is 12.8 Å². The average Bonchev–Trinajstić information content (AvgIpc) is 3.31. The fourth-order valence-electron chi connectivity index (χ4n) is 2.75. The van der Waals surface area contributed by atoms with Crippen molar-refractivity contribution in [2.45, 2.75) is 24.9 Å². The zero-order valence-corrected chi connectivity index (χ0v) is 11.0. The van der Waals surface area contributed by atoms with Gasteiger partial charge in [0.05, 0.1) is 19.3 Å². The van der Waals surface area contributed by atoms with E-state index in [1.807, 2.05) is 35.2 Å². The van der Waals surface area contributed by atoms with Crippen molar-refractivity contribution >= 4 is 5.91 Å². The average molecular weight is 260 g/mol. The first kappa shape index (κ1) is 12.6. The van der Waals surface area contributed by atoms with E-state index in [0.29, 0.717) is 25.7 Å². The molecule has 102 valence electrons. The van der Waals surface area contributed by atoms with Crippen LogP contribution < -0.4 is 5.73 Å². The van der Waals surface area contributed by atoms with E-state index < -0.39 is 6.04 Å². The zero-order chi connectivity index (χ0) is 13.2. The molecule has 2 aliphatic rings. The Morgan fingerprint density at radius 2 is 2.05 bits per heavy atom. The Bertz CT molecular complexity index is 445. The lowest BCUT2D eigenvalue weighted by Crippen LogP contribution is -2.52. The highest BCUT2D eigenvalue weighted by Gasteiger charge is 2.40. The fraction of sp³-hybridized carbons (Fsp3) is 0.533. The number of nitrogens with zero attached hydrogens (tertiary/aromatic N) is 1. The number of carbonyl (C=O) groups excluding carboxylic acids is 1. The summed E-state index contributed by atoms with van der Waals surface area (Å²) in [5.74, 6) is 0.652. The molecule has 0 radical (unpaired) electrons. The molecule has 1 heterocycles. The molecule has 1 saturated carbocycles. The molecule has 1 aromatic carbocycles. The third kappa shape index (κ3) is 2.65. The second-order valence-electron chi connectivity index (χ2n) is 5.40. The van der Waals surface area contributed by atoms with Gasteiger partial charge in [-0.3, -0.25) is 4.79 Å². The number of carbonyl (C=O) groups is 1. The van der Waals surface area contributed by atoms with E-state index in [9.17, 15) is 4.79 Å². The highest BCUT2D eigenvalue weighted by molar-refractivity contribution is 5.83. The van der Waals surface area contributed by atoms with Crippen LogP contribution in [0.15, 0.2) is 30.3 Å². The number of amides is 1. The summed E-state index contributed by atoms with van der Waals surface area (Å²) in [6.07, 6.45) is 2.41. The van der Waals surface area contributed by atoms with Gasteiger partial charge in [0, 0.05) is 6.54 Å². The smallest absolute Gasteiger partial charge is 0.244 e. The summed E-state index contributed by atoms with van der Waals surface area (Å²) < 4.78 is 5.51. The molecule has 2 unspecified atom stereocenters. The van der Waals surface area contributed by atoms with E-state index in [0.717, 1.165) is 5.56 Å². The number of morpholine rings is 1. The Hall–Kier alpha value is -1.39. The normalized spacial score (nSPS) is 25.1. The molecule has 4 nitrogen and oxygen atoms in total. The Kier molecular flexibility index (Phi) is 3.53. The monoisotopic (exact) mass is 260 g/mol. The lowest BCUT2D eigenvalue weighted by molar-refractivity contribution is -0.142. The first-order valence-electron chi connectivity index (χ1n) is 6.96. The molecule has 0 bridgehead atoms. The molecule has 0 spiro atoms. The van der Waals surface area contributed by atoms with Crippen LogP contribution in [-0.2, 0) is 9.53 Å². The summed E-state index contributed by atoms with van der Waals surface area (Å²) in [6, 6.07) is 9.27. The molecule has 2 atom stereocenters. The quantitative estimate of drug-likeness (QED) is 0.892. The number of nitrogens with two attached hydrogens (primary N) is 1. The van der Waals surface area contributed by atoms with Gasteiger partial charge in [-0.05, 0) is 24.3 Å². The fourth-order valence-corrected chi connectivity index (χ4v) is 2.75. The SMILES string of the molecule is NC(C(=O)N1CCOCC1C1CC1)c1ccccc1. The van der Waals surface area contributed by atoms with Crippen molar-refractivity contribution in [3.8, 4) is 0 Å². The summed E-state index contributed by atoms with van der Waals surface area (Å²) in [5.41, 5.74) is 7.00. The van der Waals surface area contributed by atoms with Gasteiger partial charge in [0.15, 0.2) is 0 Å². The van der Waals surface area contributed by atoms with Gasteiger partial charge in [0.25, 0.3) is 0 Å². The number of rotatable bonds is 3. The molecule has 19 heavy (non-hydrogen) atoms. The maximum atomic E-state index is 12.6. The van der Waals surface area contributed by atoms with Gasteiger partial charge in [-0.2, -0.15) is 0 Å². The van der Waals surface area contributed by atoms with Crippen LogP contribution in [0.5, 0.6) is 0 Å². The van der Waals surface area contributed by atoms with Crippen molar-refractivity contribution in [3.05, 3.63) is 35.9 Å². The molecule has 0 aromatic heterocycles. The number of hydrogen-bond acceptors (Lipinski definition) is 3. The predicted octanol–water partition coefficient (Wildman–Crippen LogP) is 1.32. The van der Waals surface area contributed by atoms with Crippen LogP contribution in [0.25, 0.3) is 0 Å². The minimum Gasteiger partial charge on any atom is -0.377 e. The second kappa shape index (κ2) is 5.31. The van der Waals surface area contributed by atoms with Crippen molar-refractivity contribution in [1.29, 1.82) is 0 Å². The van der Waals surface area contributed by atoms with Gasteiger partial charge >= 0.3 is 0 Å². The van der Waals surface area contributed by atoms with Crippen molar-refractivity contribution in [3.63, 3.8) is 0 Å². The zero-order valence-electron chi connectivity index (χ0n) is 11.0. The third-order valence-electron chi connectivity index (χ3n) is 4.04. The lowest BCUT2D eigenvalue weighted by Gasteiger charge is -2.37. The van der Waals surface area contributed by atoms with Crippen LogP contribution in [0.1, 0.15) is 24.4 Å². The summed E-state index contributed by atoms with van der Waals surface area (Å²) in [4.78, 5) is 14.5. The highest BCUT2D eigenvalue weighted by atomic mass is 16.5. The molecular formula is C15H20N2O2. The van der Waals surface area contributed by atoms with Crippen LogP contribution in [0.2, 0.25) is 0 Å². The van der Waals surface area contributed by atoms with Gasteiger partial charge in [-0.1, -0.05) is 30.3 Å². The first-order chi connectivity index (χ1) is 9.27. The van der Waals surface area contributed by atoms with Crippen LogP contribution in [0, 0.1) is 5.92 Å². The molecule has 1 aliphatic carbocycles. The van der Waals surface area contributed by atoms with Gasteiger partial charge in [0.1, 0.15) is 6.04 Å². The van der Waals surface area contributed by atoms with Gasteiger partial charge in [0.2, 0.25) is 5.91 Å². The maximum absolute atomic E-state index is 12.6. The summed E-state index contributed by atoms with van der Waals surface area (Å²) >= 11 is 0. The molecule has 1 amide bonds. The summed E-state index contributed by atoms with van der Waals surface area (Å²) in [5, 5.41) is 0. The van der Waals surface area contributed by atoms with Crippen LogP contribution in [0.3, 0.4) is 0 Å². The van der Waals surface area contributed by atoms with Gasteiger partial charge < -0.3 is 15.4 Å². The van der Waals surface area contributed by atoms with Crippen molar-refractivity contribution in [2.75, 3.05) is 19.8 Å². The Morgan fingerprint density at radius 3 is 2.74 bits per heavy atom. The molecule has 2 N–H and O–H groups in total.